The van der Waals surface area contributed by atoms with Crippen molar-refractivity contribution >= 4 is 16.2 Å². The van der Waals surface area contributed by atoms with Gasteiger partial charge in [-0.15, -0.1) is 0 Å². The fourth-order valence-electron chi connectivity index (χ4n) is 1.78. The lowest BCUT2D eigenvalue weighted by molar-refractivity contribution is -0.0430. The predicted molar refractivity (Wildman–Crippen MR) is 72.9 cm³/mol. The smallest absolute Gasteiger partial charge is 0.407 e. The van der Waals surface area contributed by atoms with Crippen molar-refractivity contribution in [3.05, 3.63) is 0 Å². The summed E-state index contributed by atoms with van der Waals surface area (Å²) >= 11 is 0. The molecule has 7 nitrogen and oxygen atoms in total. The summed E-state index contributed by atoms with van der Waals surface area (Å²) in [6.45, 7) is 5.90. The van der Waals surface area contributed by atoms with Gasteiger partial charge in [0.1, 0.15) is 11.7 Å². The van der Waals surface area contributed by atoms with Crippen molar-refractivity contribution in [3.8, 4) is 0 Å². The van der Waals surface area contributed by atoms with E-state index in [0.29, 0.717) is 19.4 Å². The number of rotatable bonds is 4. The second-order valence-electron chi connectivity index (χ2n) is 5.84. The summed E-state index contributed by atoms with van der Waals surface area (Å²) in [6.07, 6.45) is 1.13. The number of alkyl carbamates (subject to hydrolysis) is 1. The highest BCUT2D eigenvalue weighted by Crippen LogP contribution is 2.17. The summed E-state index contributed by atoms with van der Waals surface area (Å²) in [5.41, 5.74) is -0.536. The van der Waals surface area contributed by atoms with E-state index < -0.39 is 27.9 Å². The maximum atomic E-state index is 11.5. The normalized spacial score (nSPS) is 24.2. The highest BCUT2D eigenvalue weighted by molar-refractivity contribution is 7.86. The number of hydrogen-bond acceptors (Lipinski definition) is 6. The lowest BCUT2D eigenvalue weighted by Crippen LogP contribution is -2.41. The molecule has 1 heterocycles. The summed E-state index contributed by atoms with van der Waals surface area (Å²) < 4.78 is 37.4. The molecule has 1 saturated heterocycles. The molecule has 0 saturated carbocycles. The minimum Gasteiger partial charge on any atom is -0.444 e. The van der Waals surface area contributed by atoms with Gasteiger partial charge in [0, 0.05) is 6.54 Å². The lowest BCUT2D eigenvalue weighted by atomic mass is 10.1. The standard InChI is InChI=1S/C12H23NO6S/c1-12(2,3)18-11(14)13-7-9-5-6-10(8-17-9)19-20(4,15)16/h9-10H,5-8H2,1-4H3,(H,13,14)/t9-,10-/m0/s1. The average Bonchev–Trinajstić information content (AvgIpc) is 2.23. The third kappa shape index (κ3) is 7.66. The van der Waals surface area contributed by atoms with Crippen molar-refractivity contribution in [3.63, 3.8) is 0 Å². The zero-order chi connectivity index (χ0) is 15.4. The first-order chi connectivity index (χ1) is 9.05. The number of carbonyl (C=O) groups is 1. The molecule has 1 aliphatic heterocycles. The largest absolute Gasteiger partial charge is 0.444 e. The van der Waals surface area contributed by atoms with Gasteiger partial charge in [0.05, 0.1) is 19.0 Å². The Balaban J connectivity index is 2.24. The third-order valence-corrected chi connectivity index (χ3v) is 3.13. The Labute approximate surface area is 120 Å². The van der Waals surface area contributed by atoms with Crippen molar-refractivity contribution < 1.29 is 26.9 Å². The maximum absolute atomic E-state index is 11.5. The van der Waals surface area contributed by atoms with Crippen LogP contribution in [0.25, 0.3) is 0 Å². The van der Waals surface area contributed by atoms with Crippen LogP contribution in [0, 0.1) is 0 Å². The Morgan fingerprint density at radius 3 is 2.45 bits per heavy atom. The summed E-state index contributed by atoms with van der Waals surface area (Å²) in [5, 5.41) is 2.63. The first-order valence-electron chi connectivity index (χ1n) is 6.52. The third-order valence-electron chi connectivity index (χ3n) is 2.51. The molecule has 0 aliphatic carbocycles. The molecule has 0 aromatic carbocycles. The molecule has 0 aromatic rings. The molecule has 0 unspecified atom stereocenters. The molecule has 1 amide bonds. The molecule has 1 rings (SSSR count). The minimum absolute atomic E-state index is 0.151. The van der Waals surface area contributed by atoms with Gasteiger partial charge in [-0.3, -0.25) is 4.18 Å². The highest BCUT2D eigenvalue weighted by Gasteiger charge is 2.26. The Morgan fingerprint density at radius 1 is 1.35 bits per heavy atom. The van der Waals surface area contributed by atoms with Crippen LogP contribution >= 0.6 is 0 Å². The molecule has 0 spiro atoms. The Bertz CT molecular complexity index is 420. The molecule has 0 radical (unpaired) electrons. The van der Waals surface area contributed by atoms with Crippen LogP contribution in [-0.4, -0.2) is 51.7 Å². The number of hydrogen-bond donors (Lipinski definition) is 1. The highest BCUT2D eigenvalue weighted by atomic mass is 32.2. The molecule has 1 N–H and O–H groups in total. The van der Waals surface area contributed by atoms with Gasteiger partial charge in [0.25, 0.3) is 10.1 Å². The van der Waals surface area contributed by atoms with E-state index >= 15 is 0 Å². The van der Waals surface area contributed by atoms with Crippen molar-refractivity contribution in [2.45, 2.75) is 51.4 Å². The lowest BCUT2D eigenvalue weighted by Gasteiger charge is -2.28. The topological polar surface area (TPSA) is 90.9 Å². The summed E-state index contributed by atoms with van der Waals surface area (Å²) in [4.78, 5) is 11.5. The summed E-state index contributed by atoms with van der Waals surface area (Å²) in [5.74, 6) is 0. The SMILES string of the molecule is CC(C)(C)OC(=O)NC[C@@H]1CC[C@H](OS(C)(=O)=O)CO1. The second kappa shape index (κ2) is 6.73. The quantitative estimate of drug-likeness (QED) is 0.780. The Kier molecular flexibility index (Phi) is 5.79. The minimum atomic E-state index is -3.46. The van der Waals surface area contributed by atoms with Crippen LogP contribution in [-0.2, 0) is 23.8 Å². The van der Waals surface area contributed by atoms with E-state index in [1.165, 1.54) is 0 Å². The number of ether oxygens (including phenoxy) is 2. The van der Waals surface area contributed by atoms with Crippen molar-refractivity contribution in [2.75, 3.05) is 19.4 Å². The molecular formula is C12H23NO6S. The van der Waals surface area contributed by atoms with E-state index in [1.807, 2.05) is 0 Å². The van der Waals surface area contributed by atoms with Crippen LogP contribution in [0.5, 0.6) is 0 Å². The number of nitrogens with one attached hydrogen (secondary N) is 1. The second-order valence-corrected chi connectivity index (χ2v) is 7.44. The fourth-order valence-corrected chi connectivity index (χ4v) is 2.42. The molecule has 1 fully saturated rings. The number of carbonyl (C=O) groups excluding carboxylic acids is 1. The molecule has 0 bridgehead atoms. The average molecular weight is 309 g/mol. The van der Waals surface area contributed by atoms with Gasteiger partial charge in [-0.05, 0) is 33.6 Å². The molecule has 8 heteroatoms. The van der Waals surface area contributed by atoms with E-state index in [4.69, 9.17) is 13.7 Å². The summed E-state index contributed by atoms with van der Waals surface area (Å²) in [7, 11) is -3.46. The van der Waals surface area contributed by atoms with E-state index in [-0.39, 0.29) is 12.7 Å². The van der Waals surface area contributed by atoms with Gasteiger partial charge >= 0.3 is 6.09 Å². The number of amides is 1. The molecule has 0 aromatic heterocycles. The monoisotopic (exact) mass is 309 g/mol. The van der Waals surface area contributed by atoms with E-state index in [2.05, 4.69) is 5.32 Å². The zero-order valence-electron chi connectivity index (χ0n) is 12.3. The van der Waals surface area contributed by atoms with Gasteiger partial charge < -0.3 is 14.8 Å². The van der Waals surface area contributed by atoms with Crippen molar-refractivity contribution in [1.29, 1.82) is 0 Å². The van der Waals surface area contributed by atoms with Gasteiger partial charge in [0.15, 0.2) is 0 Å². The van der Waals surface area contributed by atoms with Gasteiger partial charge in [-0.25, -0.2) is 4.79 Å². The van der Waals surface area contributed by atoms with Gasteiger partial charge in [-0.1, -0.05) is 0 Å². The van der Waals surface area contributed by atoms with Crippen LogP contribution in [0.2, 0.25) is 0 Å². The van der Waals surface area contributed by atoms with Crippen molar-refractivity contribution in [1.82, 2.24) is 5.32 Å². The molecular weight excluding hydrogens is 286 g/mol. The van der Waals surface area contributed by atoms with Crippen LogP contribution in [0.3, 0.4) is 0 Å². The van der Waals surface area contributed by atoms with Crippen molar-refractivity contribution in [2.24, 2.45) is 0 Å². The molecule has 20 heavy (non-hydrogen) atoms. The Hall–Kier alpha value is -0.860. The first-order valence-corrected chi connectivity index (χ1v) is 8.33. The molecule has 118 valence electrons. The Morgan fingerprint density at radius 2 is 2.00 bits per heavy atom. The van der Waals surface area contributed by atoms with Crippen LogP contribution in [0.1, 0.15) is 33.6 Å². The van der Waals surface area contributed by atoms with Crippen LogP contribution < -0.4 is 5.32 Å². The van der Waals surface area contributed by atoms with E-state index in [0.717, 1.165) is 6.26 Å². The van der Waals surface area contributed by atoms with Gasteiger partial charge in [0.2, 0.25) is 0 Å². The van der Waals surface area contributed by atoms with Crippen LogP contribution in [0.15, 0.2) is 0 Å². The first kappa shape index (κ1) is 17.2. The maximum Gasteiger partial charge on any atom is 0.407 e. The summed E-state index contributed by atoms with van der Waals surface area (Å²) in [6, 6.07) is 0. The molecule has 1 aliphatic rings. The fraction of sp³-hybridized carbons (Fsp3) is 0.917. The van der Waals surface area contributed by atoms with Gasteiger partial charge in [-0.2, -0.15) is 8.42 Å². The zero-order valence-corrected chi connectivity index (χ0v) is 13.2. The van der Waals surface area contributed by atoms with E-state index in [9.17, 15) is 13.2 Å². The van der Waals surface area contributed by atoms with Crippen LogP contribution in [0.4, 0.5) is 4.79 Å². The molecule has 2 atom stereocenters. The predicted octanol–water partition coefficient (Wildman–Crippen LogP) is 1.03. The van der Waals surface area contributed by atoms with E-state index in [1.54, 1.807) is 20.8 Å².